The molecule has 2 heterocycles. The summed E-state index contributed by atoms with van der Waals surface area (Å²) in [7, 11) is 0. The van der Waals surface area contributed by atoms with E-state index in [9.17, 15) is 9.90 Å². The highest BCUT2D eigenvalue weighted by atomic mass is 16.5. The van der Waals surface area contributed by atoms with E-state index in [0.29, 0.717) is 31.9 Å². The molecule has 0 spiro atoms. The highest BCUT2D eigenvalue weighted by Crippen LogP contribution is 2.15. The van der Waals surface area contributed by atoms with Crippen LogP contribution in [0.1, 0.15) is 28.8 Å². The molecular formula is C18H26N2O3. The lowest BCUT2D eigenvalue weighted by Gasteiger charge is -2.23. The van der Waals surface area contributed by atoms with Crippen LogP contribution in [0.4, 0.5) is 0 Å². The number of amides is 1. The molecule has 2 fully saturated rings. The van der Waals surface area contributed by atoms with Crippen LogP contribution in [0.15, 0.2) is 24.3 Å². The van der Waals surface area contributed by atoms with Crippen molar-refractivity contribution in [1.29, 1.82) is 0 Å². The van der Waals surface area contributed by atoms with E-state index in [0.717, 1.165) is 6.54 Å². The molecule has 1 aromatic carbocycles. The van der Waals surface area contributed by atoms with Crippen molar-refractivity contribution in [2.24, 2.45) is 5.92 Å². The first-order valence-electron chi connectivity index (χ1n) is 8.55. The molecule has 0 aliphatic carbocycles. The lowest BCUT2D eigenvalue weighted by atomic mass is 10.1. The summed E-state index contributed by atoms with van der Waals surface area (Å²) < 4.78 is 5.45. The minimum Gasteiger partial charge on any atom is -0.396 e. The van der Waals surface area contributed by atoms with Gasteiger partial charge in [0.2, 0.25) is 0 Å². The van der Waals surface area contributed by atoms with Crippen molar-refractivity contribution in [3.05, 3.63) is 35.4 Å². The zero-order chi connectivity index (χ0) is 16.1. The van der Waals surface area contributed by atoms with Crippen LogP contribution in [0.2, 0.25) is 0 Å². The summed E-state index contributed by atoms with van der Waals surface area (Å²) >= 11 is 0. The van der Waals surface area contributed by atoms with Gasteiger partial charge >= 0.3 is 0 Å². The highest BCUT2D eigenvalue weighted by Gasteiger charge is 2.23. The minimum atomic E-state index is 0.0101. The second-order valence-electron chi connectivity index (χ2n) is 6.55. The minimum absolute atomic E-state index is 0.0101. The van der Waals surface area contributed by atoms with Crippen molar-refractivity contribution in [3.63, 3.8) is 0 Å². The SMILES string of the molecule is O=C(c1ccc(CN2CCCC2)cc1)N1CCOC[C@H](CO)C1. The Morgan fingerprint density at radius 1 is 1.17 bits per heavy atom. The molecule has 23 heavy (non-hydrogen) atoms. The standard InChI is InChI=1S/C18H26N2O3/c21-13-16-12-20(9-10-23-14-16)18(22)17-5-3-15(4-6-17)11-19-7-1-2-8-19/h3-6,16,21H,1-2,7-14H2/t16-/m0/s1. The largest absolute Gasteiger partial charge is 0.396 e. The number of likely N-dealkylation sites (tertiary alicyclic amines) is 1. The summed E-state index contributed by atoms with van der Waals surface area (Å²) in [6.45, 7) is 5.59. The van der Waals surface area contributed by atoms with Crippen LogP contribution in [0.5, 0.6) is 0 Å². The number of ether oxygens (including phenoxy) is 1. The highest BCUT2D eigenvalue weighted by molar-refractivity contribution is 5.94. The number of nitrogens with zero attached hydrogens (tertiary/aromatic N) is 2. The Kier molecular flexibility index (Phi) is 5.65. The van der Waals surface area contributed by atoms with Crippen molar-refractivity contribution >= 4 is 5.91 Å². The molecule has 5 heteroatoms. The van der Waals surface area contributed by atoms with Gasteiger partial charge in [0.25, 0.3) is 5.91 Å². The van der Waals surface area contributed by atoms with Crippen LogP contribution in [0.3, 0.4) is 0 Å². The normalized spacial score (nSPS) is 23.0. The predicted octanol–water partition coefficient (Wildman–Crippen LogP) is 1.36. The molecule has 126 valence electrons. The van der Waals surface area contributed by atoms with Gasteiger partial charge in [0.1, 0.15) is 0 Å². The summed E-state index contributed by atoms with van der Waals surface area (Å²) in [5.41, 5.74) is 1.98. The molecule has 1 amide bonds. The number of benzene rings is 1. The maximum absolute atomic E-state index is 12.6. The third kappa shape index (κ3) is 4.31. The Morgan fingerprint density at radius 2 is 1.91 bits per heavy atom. The van der Waals surface area contributed by atoms with Gasteiger partial charge in [-0.15, -0.1) is 0 Å². The third-order valence-electron chi connectivity index (χ3n) is 4.69. The van der Waals surface area contributed by atoms with Gasteiger partial charge < -0.3 is 14.7 Å². The van der Waals surface area contributed by atoms with Gasteiger partial charge in [-0.25, -0.2) is 0 Å². The van der Waals surface area contributed by atoms with E-state index in [-0.39, 0.29) is 18.4 Å². The molecule has 2 saturated heterocycles. The quantitative estimate of drug-likeness (QED) is 0.911. The average Bonchev–Trinajstić information content (AvgIpc) is 2.97. The smallest absolute Gasteiger partial charge is 0.253 e. The van der Waals surface area contributed by atoms with Crippen molar-refractivity contribution in [1.82, 2.24) is 9.80 Å². The molecule has 2 aliphatic heterocycles. The molecule has 5 nitrogen and oxygen atoms in total. The van der Waals surface area contributed by atoms with E-state index in [1.807, 2.05) is 12.1 Å². The predicted molar refractivity (Wildman–Crippen MR) is 88.3 cm³/mol. The molecular weight excluding hydrogens is 292 g/mol. The van der Waals surface area contributed by atoms with Crippen LogP contribution in [-0.2, 0) is 11.3 Å². The molecule has 0 radical (unpaired) electrons. The molecule has 0 bridgehead atoms. The van der Waals surface area contributed by atoms with Crippen LogP contribution < -0.4 is 0 Å². The van der Waals surface area contributed by atoms with Gasteiger partial charge in [-0.2, -0.15) is 0 Å². The van der Waals surface area contributed by atoms with Gasteiger partial charge in [-0.1, -0.05) is 12.1 Å². The summed E-state index contributed by atoms with van der Waals surface area (Å²) in [5.74, 6) is 0.0394. The van der Waals surface area contributed by atoms with E-state index in [1.54, 1.807) is 4.90 Å². The Labute approximate surface area is 137 Å². The third-order valence-corrected chi connectivity index (χ3v) is 4.69. The molecule has 1 N–H and O–H groups in total. The number of rotatable bonds is 4. The van der Waals surface area contributed by atoms with Gasteiger partial charge in [0, 0.05) is 37.7 Å². The summed E-state index contributed by atoms with van der Waals surface area (Å²) in [4.78, 5) is 16.9. The number of aliphatic hydroxyl groups excluding tert-OH is 1. The monoisotopic (exact) mass is 318 g/mol. The average molecular weight is 318 g/mol. The van der Waals surface area contributed by atoms with Crippen LogP contribution >= 0.6 is 0 Å². The Balaban J connectivity index is 1.62. The second kappa shape index (κ2) is 7.90. The molecule has 1 aromatic rings. The Morgan fingerprint density at radius 3 is 2.61 bits per heavy atom. The Bertz CT molecular complexity index is 512. The number of carbonyl (C=O) groups is 1. The van der Waals surface area contributed by atoms with E-state index in [1.165, 1.54) is 31.5 Å². The van der Waals surface area contributed by atoms with E-state index >= 15 is 0 Å². The topological polar surface area (TPSA) is 53.0 Å². The fourth-order valence-corrected chi connectivity index (χ4v) is 3.31. The fourth-order valence-electron chi connectivity index (χ4n) is 3.31. The van der Waals surface area contributed by atoms with Crippen molar-refractivity contribution in [3.8, 4) is 0 Å². The molecule has 0 saturated carbocycles. The molecule has 3 rings (SSSR count). The van der Waals surface area contributed by atoms with Crippen molar-refractivity contribution < 1.29 is 14.6 Å². The number of carbonyl (C=O) groups excluding carboxylic acids is 1. The number of hydrogen-bond donors (Lipinski definition) is 1. The van der Waals surface area contributed by atoms with Crippen molar-refractivity contribution in [2.75, 3.05) is 46.0 Å². The van der Waals surface area contributed by atoms with Crippen LogP contribution in [0, 0.1) is 5.92 Å². The maximum Gasteiger partial charge on any atom is 0.253 e. The summed E-state index contributed by atoms with van der Waals surface area (Å²) in [6, 6.07) is 7.97. The van der Waals surface area contributed by atoms with E-state index in [4.69, 9.17) is 4.74 Å². The first-order valence-corrected chi connectivity index (χ1v) is 8.55. The maximum atomic E-state index is 12.6. The fraction of sp³-hybridized carbons (Fsp3) is 0.611. The lowest BCUT2D eigenvalue weighted by Crippen LogP contribution is -2.36. The first kappa shape index (κ1) is 16.4. The molecule has 0 unspecified atom stereocenters. The zero-order valence-electron chi connectivity index (χ0n) is 13.6. The number of aliphatic hydroxyl groups is 1. The van der Waals surface area contributed by atoms with Crippen LogP contribution in [-0.4, -0.2) is 66.8 Å². The molecule has 0 aromatic heterocycles. The van der Waals surface area contributed by atoms with Crippen LogP contribution in [0.25, 0.3) is 0 Å². The second-order valence-corrected chi connectivity index (χ2v) is 6.55. The van der Waals surface area contributed by atoms with Gasteiger partial charge in [0.15, 0.2) is 0 Å². The number of hydrogen-bond acceptors (Lipinski definition) is 4. The van der Waals surface area contributed by atoms with Gasteiger partial charge in [0.05, 0.1) is 13.2 Å². The molecule has 2 aliphatic rings. The molecule has 1 atom stereocenters. The van der Waals surface area contributed by atoms with Gasteiger partial charge in [-0.05, 0) is 43.6 Å². The Hall–Kier alpha value is -1.43. The summed E-state index contributed by atoms with van der Waals surface area (Å²) in [6.07, 6.45) is 2.58. The van der Waals surface area contributed by atoms with Gasteiger partial charge in [-0.3, -0.25) is 9.69 Å². The lowest BCUT2D eigenvalue weighted by molar-refractivity contribution is 0.0728. The zero-order valence-corrected chi connectivity index (χ0v) is 13.6. The first-order chi connectivity index (χ1) is 11.3. The van der Waals surface area contributed by atoms with Crippen molar-refractivity contribution in [2.45, 2.75) is 19.4 Å². The van der Waals surface area contributed by atoms with E-state index in [2.05, 4.69) is 17.0 Å². The van der Waals surface area contributed by atoms with E-state index < -0.39 is 0 Å². The summed E-state index contributed by atoms with van der Waals surface area (Å²) in [5, 5.41) is 9.34.